The Morgan fingerprint density at radius 1 is 1.14 bits per heavy atom. The van der Waals surface area contributed by atoms with Gasteiger partial charge in [-0.05, 0) is 30.3 Å². The normalized spacial score (nSPS) is 13.8. The molecule has 0 amide bonds. The predicted molar refractivity (Wildman–Crippen MR) is 102 cm³/mol. The van der Waals surface area contributed by atoms with Gasteiger partial charge in [0, 0.05) is 23.8 Å². The van der Waals surface area contributed by atoms with Crippen LogP contribution in [0.25, 0.3) is 17.4 Å². The second kappa shape index (κ2) is 7.08. The molecule has 29 heavy (non-hydrogen) atoms. The third kappa shape index (κ3) is 3.39. The molecule has 8 heteroatoms. The van der Waals surface area contributed by atoms with Gasteiger partial charge in [-0.25, -0.2) is 4.79 Å². The van der Waals surface area contributed by atoms with Gasteiger partial charge in [-0.1, -0.05) is 12.1 Å². The van der Waals surface area contributed by atoms with Gasteiger partial charge in [0.1, 0.15) is 17.3 Å². The second-order valence-electron chi connectivity index (χ2n) is 6.15. The molecule has 1 aromatic heterocycles. The molecule has 0 N–H and O–H groups in total. The van der Waals surface area contributed by atoms with Crippen molar-refractivity contribution < 1.29 is 28.4 Å². The zero-order chi connectivity index (χ0) is 20.5. The number of nitrogens with zero attached hydrogens (tertiary/aromatic N) is 1. The number of ketones is 1. The van der Waals surface area contributed by atoms with Gasteiger partial charge in [0.2, 0.25) is 5.78 Å². The molecule has 2 heterocycles. The van der Waals surface area contributed by atoms with Crippen LogP contribution in [-0.4, -0.2) is 23.8 Å². The molecule has 0 radical (unpaired) electrons. The number of hydrogen-bond acceptors (Lipinski definition) is 7. The Labute approximate surface area is 164 Å². The van der Waals surface area contributed by atoms with Gasteiger partial charge in [-0.15, -0.1) is 0 Å². The number of nitro groups is 1. The van der Waals surface area contributed by atoms with Crippen LogP contribution < -0.4 is 4.74 Å². The van der Waals surface area contributed by atoms with Crippen molar-refractivity contribution in [2.24, 2.45) is 0 Å². The van der Waals surface area contributed by atoms with Crippen LogP contribution in [0.1, 0.15) is 26.5 Å². The second-order valence-corrected chi connectivity index (χ2v) is 6.15. The molecule has 0 saturated heterocycles. The molecule has 8 nitrogen and oxygen atoms in total. The number of esters is 1. The number of ether oxygens (including phenoxy) is 2. The van der Waals surface area contributed by atoms with E-state index in [1.165, 1.54) is 43.5 Å². The fourth-order valence-corrected chi connectivity index (χ4v) is 2.92. The van der Waals surface area contributed by atoms with Crippen molar-refractivity contribution in [1.29, 1.82) is 0 Å². The molecule has 1 aliphatic rings. The lowest BCUT2D eigenvalue weighted by Crippen LogP contribution is -2.02. The number of nitro benzene ring substituents is 1. The van der Waals surface area contributed by atoms with Crippen molar-refractivity contribution in [1.82, 2.24) is 0 Å². The first-order chi connectivity index (χ1) is 14.0. The van der Waals surface area contributed by atoms with Gasteiger partial charge in [-0.2, -0.15) is 0 Å². The van der Waals surface area contributed by atoms with Crippen molar-refractivity contribution in [3.05, 3.63) is 87.4 Å². The Balaban J connectivity index is 1.61. The SMILES string of the molecule is COC(=O)c1ccc2c(c1)C(=O)/C(=C/c1ccc(-c3cccc([N+](=O)[O-])c3)o1)O2. The average molecular weight is 391 g/mol. The molecule has 0 aliphatic carbocycles. The smallest absolute Gasteiger partial charge is 0.337 e. The fraction of sp³-hybridized carbons (Fsp3) is 0.0476. The number of hydrogen-bond donors (Lipinski definition) is 0. The largest absolute Gasteiger partial charge is 0.465 e. The van der Waals surface area contributed by atoms with E-state index in [1.54, 1.807) is 24.3 Å². The van der Waals surface area contributed by atoms with Crippen LogP contribution in [0.15, 0.2) is 64.8 Å². The summed E-state index contributed by atoms with van der Waals surface area (Å²) < 4.78 is 15.9. The van der Waals surface area contributed by atoms with E-state index >= 15 is 0 Å². The molecule has 2 aromatic carbocycles. The van der Waals surface area contributed by atoms with E-state index in [9.17, 15) is 19.7 Å². The molecule has 144 valence electrons. The molecular weight excluding hydrogens is 378 g/mol. The van der Waals surface area contributed by atoms with Crippen LogP contribution in [0.4, 0.5) is 5.69 Å². The molecule has 4 rings (SSSR count). The molecule has 0 spiro atoms. The third-order valence-corrected chi connectivity index (χ3v) is 4.33. The summed E-state index contributed by atoms with van der Waals surface area (Å²) in [4.78, 5) is 34.7. The van der Waals surface area contributed by atoms with Crippen molar-refractivity contribution >= 4 is 23.5 Å². The number of Topliss-reactive ketones (excluding diaryl/α,β-unsaturated/α-hetero) is 1. The maximum atomic E-state index is 12.6. The molecule has 0 atom stereocenters. The number of allylic oxidation sites excluding steroid dienone is 1. The van der Waals surface area contributed by atoms with Crippen LogP contribution in [0.5, 0.6) is 5.75 Å². The maximum absolute atomic E-state index is 12.6. The van der Waals surface area contributed by atoms with Crippen LogP contribution in [0.2, 0.25) is 0 Å². The summed E-state index contributed by atoms with van der Waals surface area (Å²) in [6.07, 6.45) is 1.43. The fourth-order valence-electron chi connectivity index (χ4n) is 2.92. The molecule has 0 bridgehead atoms. The summed E-state index contributed by atoms with van der Waals surface area (Å²) in [6, 6.07) is 13.8. The molecule has 1 aliphatic heterocycles. The van der Waals surface area contributed by atoms with Crippen LogP contribution in [0.3, 0.4) is 0 Å². The number of rotatable bonds is 4. The number of furan rings is 1. The zero-order valence-corrected chi connectivity index (χ0v) is 15.1. The minimum absolute atomic E-state index is 0.0435. The Hall–Kier alpha value is -4.20. The number of carbonyl (C=O) groups is 2. The molecular formula is C21H13NO7. The number of non-ortho nitro benzene ring substituents is 1. The van der Waals surface area contributed by atoms with Gasteiger partial charge in [0.15, 0.2) is 5.76 Å². The predicted octanol–water partition coefficient (Wildman–Crippen LogP) is 4.26. The van der Waals surface area contributed by atoms with Gasteiger partial charge in [0.05, 0.1) is 23.2 Å². The first-order valence-electron chi connectivity index (χ1n) is 8.47. The summed E-state index contributed by atoms with van der Waals surface area (Å²) >= 11 is 0. The number of fused-ring (bicyclic) bond motifs is 1. The summed E-state index contributed by atoms with van der Waals surface area (Å²) in [5.41, 5.74) is 0.985. The summed E-state index contributed by atoms with van der Waals surface area (Å²) in [6.45, 7) is 0. The molecule has 3 aromatic rings. The maximum Gasteiger partial charge on any atom is 0.337 e. The lowest BCUT2D eigenvalue weighted by Gasteiger charge is -2.00. The van der Waals surface area contributed by atoms with Gasteiger partial charge < -0.3 is 13.9 Å². The standard InChI is InChI=1S/C21H13NO7/c1-27-21(24)13-5-7-18-16(10-13)20(23)19(29-18)11-15-6-8-17(28-15)12-3-2-4-14(9-12)22(25)26/h2-11H,1H3/b19-11-. The van der Waals surface area contributed by atoms with E-state index < -0.39 is 10.9 Å². The Kier molecular flexibility index (Phi) is 4.44. The molecule has 0 unspecified atom stereocenters. The Bertz CT molecular complexity index is 1190. The van der Waals surface area contributed by atoms with E-state index in [0.717, 1.165) is 0 Å². The van der Waals surface area contributed by atoms with Crippen molar-refractivity contribution in [3.63, 3.8) is 0 Å². The number of methoxy groups -OCH3 is 1. The van der Waals surface area contributed by atoms with Crippen molar-refractivity contribution in [2.75, 3.05) is 7.11 Å². The average Bonchev–Trinajstić information content (AvgIpc) is 3.32. The highest BCUT2D eigenvalue weighted by Crippen LogP contribution is 2.33. The highest BCUT2D eigenvalue weighted by atomic mass is 16.6. The lowest BCUT2D eigenvalue weighted by atomic mass is 10.1. The zero-order valence-electron chi connectivity index (χ0n) is 15.1. The van der Waals surface area contributed by atoms with Gasteiger partial charge in [0.25, 0.3) is 5.69 Å². The number of carbonyl (C=O) groups excluding carboxylic acids is 2. The lowest BCUT2D eigenvalue weighted by molar-refractivity contribution is -0.384. The summed E-state index contributed by atoms with van der Waals surface area (Å²) in [7, 11) is 1.26. The molecule has 0 fully saturated rings. The van der Waals surface area contributed by atoms with E-state index in [0.29, 0.717) is 22.8 Å². The van der Waals surface area contributed by atoms with E-state index in [2.05, 4.69) is 4.74 Å². The van der Waals surface area contributed by atoms with Crippen molar-refractivity contribution in [3.8, 4) is 17.1 Å². The van der Waals surface area contributed by atoms with Crippen LogP contribution >= 0.6 is 0 Å². The van der Waals surface area contributed by atoms with Crippen LogP contribution in [0, 0.1) is 10.1 Å². The van der Waals surface area contributed by atoms with Crippen molar-refractivity contribution in [2.45, 2.75) is 0 Å². The topological polar surface area (TPSA) is 109 Å². The highest BCUT2D eigenvalue weighted by molar-refractivity contribution is 6.15. The van der Waals surface area contributed by atoms with Gasteiger partial charge in [-0.3, -0.25) is 14.9 Å². The first kappa shape index (κ1) is 18.2. The Morgan fingerprint density at radius 2 is 1.97 bits per heavy atom. The van der Waals surface area contributed by atoms with E-state index in [-0.39, 0.29) is 28.4 Å². The molecule has 0 saturated carbocycles. The first-order valence-corrected chi connectivity index (χ1v) is 8.47. The highest BCUT2D eigenvalue weighted by Gasteiger charge is 2.29. The van der Waals surface area contributed by atoms with E-state index in [1.807, 2.05) is 0 Å². The van der Waals surface area contributed by atoms with E-state index in [4.69, 9.17) is 9.15 Å². The summed E-state index contributed by atoms with van der Waals surface area (Å²) in [5.74, 6) is 0.193. The summed E-state index contributed by atoms with van der Waals surface area (Å²) in [5, 5.41) is 10.9. The minimum atomic E-state index is -0.550. The quantitative estimate of drug-likeness (QED) is 0.283. The van der Waals surface area contributed by atoms with Gasteiger partial charge >= 0.3 is 5.97 Å². The van der Waals surface area contributed by atoms with Crippen LogP contribution in [-0.2, 0) is 4.74 Å². The Morgan fingerprint density at radius 3 is 2.72 bits per heavy atom. The minimum Gasteiger partial charge on any atom is -0.465 e. The number of benzene rings is 2. The third-order valence-electron chi connectivity index (χ3n) is 4.33. The monoisotopic (exact) mass is 391 g/mol.